The molecule has 0 radical (unpaired) electrons. The molecule has 2 rings (SSSR count). The van der Waals surface area contributed by atoms with Crippen molar-refractivity contribution in [2.45, 2.75) is 0 Å². The fourth-order valence-electron chi connectivity index (χ4n) is 0.842. The first-order valence-electron chi connectivity index (χ1n) is 4.28. The molecular formula is C12H11IrNO+3. The summed E-state index contributed by atoms with van der Waals surface area (Å²) in [6.07, 6.45) is 6.92. The summed E-state index contributed by atoms with van der Waals surface area (Å²) in [5.74, 6) is 1.72. The van der Waals surface area contributed by atoms with Gasteiger partial charge in [0.05, 0.1) is 0 Å². The molecule has 1 N–H and O–H groups in total. The fraction of sp³-hybridized carbons (Fsp3) is 0. The number of benzene rings is 1. The standard InChI is InChI=1S/C6H5NO.C6H6.Ir/c8-5-6-3-1-2-4-7-6;1-2-4-6-5-3-1;/h1-4,7H;1-6H;/q;;+3. The summed E-state index contributed by atoms with van der Waals surface area (Å²) in [7, 11) is 0. The molecule has 0 unspecified atom stereocenters. The Morgan fingerprint density at radius 1 is 0.933 bits per heavy atom. The average molecular weight is 377 g/mol. The fourth-order valence-corrected chi connectivity index (χ4v) is 0.842. The third-order valence-electron chi connectivity index (χ3n) is 1.49. The van der Waals surface area contributed by atoms with Crippen LogP contribution in [0.4, 0.5) is 0 Å². The van der Waals surface area contributed by atoms with Crippen molar-refractivity contribution in [3.05, 3.63) is 66.5 Å². The van der Waals surface area contributed by atoms with E-state index in [1.807, 2.05) is 36.4 Å². The molecule has 0 bridgehead atoms. The van der Waals surface area contributed by atoms with E-state index in [2.05, 4.69) is 5.32 Å². The van der Waals surface area contributed by atoms with Gasteiger partial charge in [0.15, 0.2) is 5.94 Å². The van der Waals surface area contributed by atoms with E-state index < -0.39 is 0 Å². The second-order valence-electron chi connectivity index (χ2n) is 2.53. The van der Waals surface area contributed by atoms with Gasteiger partial charge in [-0.25, -0.2) is 4.79 Å². The van der Waals surface area contributed by atoms with Crippen LogP contribution in [0.15, 0.2) is 66.5 Å². The Labute approximate surface area is 103 Å². The maximum Gasteiger partial charge on any atom is 3.00 e. The monoisotopic (exact) mass is 378 g/mol. The predicted molar refractivity (Wildman–Crippen MR) is 57.1 cm³/mol. The largest absolute Gasteiger partial charge is 3.00 e. The van der Waals surface area contributed by atoms with Gasteiger partial charge in [0.2, 0.25) is 0 Å². The Morgan fingerprint density at radius 2 is 1.47 bits per heavy atom. The van der Waals surface area contributed by atoms with Crippen LogP contribution in [-0.4, -0.2) is 5.94 Å². The molecular weight excluding hydrogens is 366 g/mol. The van der Waals surface area contributed by atoms with Gasteiger partial charge in [-0.1, -0.05) is 42.5 Å². The molecule has 0 amide bonds. The van der Waals surface area contributed by atoms with Crippen LogP contribution < -0.4 is 5.32 Å². The second kappa shape index (κ2) is 9.17. The maximum atomic E-state index is 9.85. The Bertz CT molecular complexity index is 338. The predicted octanol–water partition coefficient (Wildman–Crippen LogP) is 2.06. The van der Waals surface area contributed by atoms with Crippen molar-refractivity contribution in [1.29, 1.82) is 0 Å². The molecule has 1 aromatic carbocycles. The van der Waals surface area contributed by atoms with E-state index in [1.54, 1.807) is 30.4 Å². The van der Waals surface area contributed by atoms with Gasteiger partial charge in [-0.15, -0.1) is 0 Å². The van der Waals surface area contributed by atoms with E-state index in [0.29, 0.717) is 5.70 Å². The first-order valence-corrected chi connectivity index (χ1v) is 4.28. The molecule has 0 saturated carbocycles. The molecule has 1 aromatic rings. The number of carbonyl (C=O) groups excluding carboxylic acids is 1. The number of hydrogen-bond acceptors (Lipinski definition) is 2. The Balaban J connectivity index is 0.000000253. The summed E-state index contributed by atoms with van der Waals surface area (Å²) in [4.78, 5) is 9.85. The molecule has 76 valence electrons. The van der Waals surface area contributed by atoms with Crippen molar-refractivity contribution in [2.24, 2.45) is 0 Å². The van der Waals surface area contributed by atoms with Crippen LogP contribution in [-0.2, 0) is 24.9 Å². The molecule has 1 heterocycles. The van der Waals surface area contributed by atoms with Crippen LogP contribution >= 0.6 is 0 Å². The summed E-state index contributed by atoms with van der Waals surface area (Å²) in [5.41, 5.74) is 0.479. The zero-order valence-corrected chi connectivity index (χ0v) is 10.4. The van der Waals surface area contributed by atoms with Gasteiger partial charge in [-0.05, 0) is 12.2 Å². The minimum atomic E-state index is 0. The number of nitrogens with one attached hydrogen (secondary N) is 1. The topological polar surface area (TPSA) is 29.1 Å². The Morgan fingerprint density at radius 3 is 1.73 bits per heavy atom. The number of allylic oxidation sites excluding steroid dienone is 3. The van der Waals surface area contributed by atoms with Crippen molar-refractivity contribution in [1.82, 2.24) is 5.32 Å². The minimum Gasteiger partial charge on any atom is -0.353 e. The van der Waals surface area contributed by atoms with Gasteiger partial charge in [-0.3, -0.25) is 0 Å². The molecule has 0 aliphatic carbocycles. The zero-order chi connectivity index (χ0) is 10.1. The molecule has 0 spiro atoms. The normalized spacial score (nSPS) is 11.3. The summed E-state index contributed by atoms with van der Waals surface area (Å²) in [5, 5.41) is 2.69. The summed E-state index contributed by atoms with van der Waals surface area (Å²) >= 11 is 0. The number of hydrogen-bond donors (Lipinski definition) is 1. The van der Waals surface area contributed by atoms with Crippen LogP contribution in [0.3, 0.4) is 0 Å². The van der Waals surface area contributed by atoms with Crippen LogP contribution in [0.5, 0.6) is 0 Å². The van der Waals surface area contributed by atoms with E-state index in [9.17, 15) is 4.79 Å². The van der Waals surface area contributed by atoms with Crippen molar-refractivity contribution >= 4 is 5.94 Å². The number of dihydropyridines is 1. The molecule has 0 fully saturated rings. The second-order valence-corrected chi connectivity index (χ2v) is 2.53. The van der Waals surface area contributed by atoms with Gasteiger partial charge in [0.25, 0.3) is 0 Å². The van der Waals surface area contributed by atoms with Crippen molar-refractivity contribution < 1.29 is 24.9 Å². The smallest absolute Gasteiger partial charge is 0.353 e. The summed E-state index contributed by atoms with van der Waals surface area (Å²) in [6, 6.07) is 12.0. The van der Waals surface area contributed by atoms with Gasteiger partial charge >= 0.3 is 20.1 Å². The third-order valence-corrected chi connectivity index (χ3v) is 1.49. The molecule has 0 aromatic heterocycles. The van der Waals surface area contributed by atoms with E-state index in [-0.39, 0.29) is 20.1 Å². The Kier molecular flexibility index (Phi) is 8.31. The van der Waals surface area contributed by atoms with E-state index >= 15 is 0 Å². The third kappa shape index (κ3) is 6.64. The first kappa shape index (κ1) is 13.6. The molecule has 2 nitrogen and oxygen atoms in total. The molecule has 3 heteroatoms. The van der Waals surface area contributed by atoms with E-state index in [1.165, 1.54) is 0 Å². The minimum absolute atomic E-state index is 0. The van der Waals surface area contributed by atoms with Crippen molar-refractivity contribution in [2.75, 3.05) is 0 Å². The van der Waals surface area contributed by atoms with E-state index in [4.69, 9.17) is 0 Å². The maximum absolute atomic E-state index is 9.85. The quantitative estimate of drug-likeness (QED) is 0.702. The van der Waals surface area contributed by atoms with Gasteiger partial charge < -0.3 is 5.32 Å². The Hall–Kier alpha value is -1.40. The van der Waals surface area contributed by atoms with E-state index in [0.717, 1.165) is 0 Å². The molecule has 0 saturated heterocycles. The molecule has 0 atom stereocenters. The van der Waals surface area contributed by atoms with Crippen molar-refractivity contribution in [3.63, 3.8) is 0 Å². The molecule has 1 aliphatic heterocycles. The molecule has 15 heavy (non-hydrogen) atoms. The van der Waals surface area contributed by atoms with Gasteiger partial charge in [-0.2, -0.15) is 0 Å². The van der Waals surface area contributed by atoms with Crippen LogP contribution in [0, 0.1) is 0 Å². The first-order chi connectivity index (χ1) is 6.93. The average Bonchev–Trinajstić information content (AvgIpc) is 2.33. The summed E-state index contributed by atoms with van der Waals surface area (Å²) in [6.45, 7) is 0. The van der Waals surface area contributed by atoms with Crippen LogP contribution in [0.1, 0.15) is 0 Å². The van der Waals surface area contributed by atoms with Crippen molar-refractivity contribution in [3.8, 4) is 0 Å². The van der Waals surface area contributed by atoms with Crippen LogP contribution in [0.25, 0.3) is 0 Å². The zero-order valence-electron chi connectivity index (χ0n) is 8.02. The molecule has 1 aliphatic rings. The van der Waals surface area contributed by atoms with Gasteiger partial charge in [0, 0.05) is 6.20 Å². The van der Waals surface area contributed by atoms with Crippen LogP contribution in [0.2, 0.25) is 0 Å². The summed E-state index contributed by atoms with van der Waals surface area (Å²) < 4.78 is 0. The number of rotatable bonds is 0. The SMILES string of the molecule is O=C=C1C=CC=CN1.[Ir+3].c1ccccc1. The van der Waals surface area contributed by atoms with Gasteiger partial charge in [0.1, 0.15) is 5.70 Å².